The van der Waals surface area contributed by atoms with Gasteiger partial charge >= 0.3 is 0 Å². The van der Waals surface area contributed by atoms with E-state index in [1.807, 2.05) is 0 Å². The molecule has 0 aliphatic carbocycles. The van der Waals surface area contributed by atoms with Gasteiger partial charge in [-0.3, -0.25) is 14.9 Å². The largest absolute Gasteiger partial charge is 0.506 e. The number of aromatic hydroxyl groups is 1. The maximum Gasteiger partial charge on any atom is 0.271 e. The third-order valence-electron chi connectivity index (χ3n) is 2.75. The maximum absolute atomic E-state index is 11.9. The molecular formula is C14H9Cl2N3O4. The fourth-order valence-corrected chi connectivity index (χ4v) is 2.18. The number of non-ortho nitro benzene ring substituents is 1. The molecule has 9 heteroatoms. The zero-order valence-electron chi connectivity index (χ0n) is 11.4. The summed E-state index contributed by atoms with van der Waals surface area (Å²) >= 11 is 11.6. The third kappa shape index (κ3) is 4.18. The molecule has 0 saturated carbocycles. The average Bonchev–Trinajstić information content (AvgIpc) is 2.51. The number of nitrogens with zero attached hydrogens (tertiary/aromatic N) is 2. The van der Waals surface area contributed by atoms with Gasteiger partial charge < -0.3 is 5.11 Å². The van der Waals surface area contributed by atoms with E-state index in [1.54, 1.807) is 0 Å². The van der Waals surface area contributed by atoms with Crippen LogP contribution in [-0.4, -0.2) is 22.2 Å². The molecule has 0 aromatic heterocycles. The summed E-state index contributed by atoms with van der Waals surface area (Å²) in [7, 11) is 0. The molecule has 0 radical (unpaired) electrons. The smallest absolute Gasteiger partial charge is 0.271 e. The van der Waals surface area contributed by atoms with Gasteiger partial charge in [0.15, 0.2) is 0 Å². The van der Waals surface area contributed by atoms with Gasteiger partial charge in [0.1, 0.15) is 5.75 Å². The summed E-state index contributed by atoms with van der Waals surface area (Å²) in [5.41, 5.74) is 2.27. The molecule has 118 valence electrons. The standard InChI is InChI=1S/C14H9Cl2N3O4/c15-10-4-9(13(20)12(16)6-10)7-17-18-14(21)8-2-1-3-11(5-8)19(22)23/h1-7,20H,(H,18,21)/b17-7-. The number of hydrogen-bond donors (Lipinski definition) is 2. The van der Waals surface area contributed by atoms with E-state index >= 15 is 0 Å². The summed E-state index contributed by atoms with van der Waals surface area (Å²) in [6, 6.07) is 7.96. The van der Waals surface area contributed by atoms with Crippen LogP contribution in [0.1, 0.15) is 15.9 Å². The molecule has 2 aromatic rings. The van der Waals surface area contributed by atoms with Gasteiger partial charge in [-0.1, -0.05) is 29.3 Å². The molecule has 0 atom stereocenters. The predicted octanol–water partition coefficient (Wildman–Crippen LogP) is 3.37. The van der Waals surface area contributed by atoms with Crippen molar-refractivity contribution in [3.63, 3.8) is 0 Å². The van der Waals surface area contributed by atoms with Crippen LogP contribution < -0.4 is 5.43 Å². The Bertz CT molecular complexity index is 809. The van der Waals surface area contributed by atoms with Crippen molar-refractivity contribution in [1.82, 2.24) is 5.43 Å². The zero-order valence-corrected chi connectivity index (χ0v) is 12.9. The minimum Gasteiger partial charge on any atom is -0.506 e. The zero-order chi connectivity index (χ0) is 17.0. The number of amides is 1. The van der Waals surface area contributed by atoms with Crippen LogP contribution in [0.15, 0.2) is 41.5 Å². The second kappa shape index (κ2) is 7.08. The highest BCUT2D eigenvalue weighted by Crippen LogP contribution is 2.29. The Labute approximate surface area is 140 Å². The van der Waals surface area contributed by atoms with E-state index in [2.05, 4.69) is 10.5 Å². The van der Waals surface area contributed by atoms with Crippen LogP contribution in [0, 0.1) is 10.1 Å². The predicted molar refractivity (Wildman–Crippen MR) is 86.3 cm³/mol. The first kappa shape index (κ1) is 16.7. The molecule has 7 nitrogen and oxygen atoms in total. The van der Waals surface area contributed by atoms with Crippen LogP contribution in [0.5, 0.6) is 5.75 Å². The summed E-state index contributed by atoms with van der Waals surface area (Å²) in [6.07, 6.45) is 1.16. The first-order valence-electron chi connectivity index (χ1n) is 6.14. The monoisotopic (exact) mass is 353 g/mol. The van der Waals surface area contributed by atoms with Crippen molar-refractivity contribution in [1.29, 1.82) is 0 Å². The number of nitrogens with one attached hydrogen (secondary N) is 1. The molecule has 2 N–H and O–H groups in total. The molecule has 0 saturated heterocycles. The Morgan fingerprint density at radius 3 is 2.74 bits per heavy atom. The van der Waals surface area contributed by atoms with Crippen molar-refractivity contribution in [2.24, 2.45) is 5.10 Å². The van der Waals surface area contributed by atoms with Crippen LogP contribution in [0.4, 0.5) is 5.69 Å². The molecular weight excluding hydrogens is 345 g/mol. The van der Waals surface area contributed by atoms with Gasteiger partial charge in [0, 0.05) is 28.3 Å². The number of hydrazone groups is 1. The molecule has 0 bridgehead atoms. The Morgan fingerprint density at radius 2 is 2.04 bits per heavy atom. The molecule has 0 aliphatic rings. The number of rotatable bonds is 4. The number of hydrogen-bond acceptors (Lipinski definition) is 5. The maximum atomic E-state index is 11.9. The van der Waals surface area contributed by atoms with Gasteiger partial charge in [-0.2, -0.15) is 5.10 Å². The van der Waals surface area contributed by atoms with Crippen LogP contribution in [-0.2, 0) is 0 Å². The van der Waals surface area contributed by atoms with Crippen molar-refractivity contribution < 1.29 is 14.8 Å². The summed E-state index contributed by atoms with van der Waals surface area (Å²) < 4.78 is 0. The second-order valence-corrected chi connectivity index (χ2v) is 5.18. The highest BCUT2D eigenvalue weighted by Gasteiger charge is 2.11. The van der Waals surface area contributed by atoms with E-state index in [-0.39, 0.29) is 27.6 Å². The highest BCUT2D eigenvalue weighted by molar-refractivity contribution is 6.36. The van der Waals surface area contributed by atoms with E-state index in [1.165, 1.54) is 30.3 Å². The van der Waals surface area contributed by atoms with E-state index < -0.39 is 10.8 Å². The average molecular weight is 354 g/mol. The number of phenolic OH excluding ortho intramolecular Hbond substituents is 1. The summed E-state index contributed by atoms with van der Waals surface area (Å²) in [4.78, 5) is 21.9. The van der Waals surface area contributed by atoms with Crippen molar-refractivity contribution in [3.8, 4) is 5.75 Å². The summed E-state index contributed by atoms with van der Waals surface area (Å²) in [5, 5.41) is 24.4. The van der Waals surface area contributed by atoms with Crippen LogP contribution >= 0.6 is 23.2 Å². The molecule has 1 amide bonds. The Morgan fingerprint density at radius 1 is 1.30 bits per heavy atom. The molecule has 0 heterocycles. The van der Waals surface area contributed by atoms with Crippen molar-refractivity contribution >= 4 is 41.0 Å². The highest BCUT2D eigenvalue weighted by atomic mass is 35.5. The number of benzene rings is 2. The lowest BCUT2D eigenvalue weighted by atomic mass is 10.2. The van der Waals surface area contributed by atoms with Gasteiger partial charge in [0.2, 0.25) is 0 Å². The Kier molecular flexibility index (Phi) is 5.15. The Hall–Kier alpha value is -2.64. The first-order valence-corrected chi connectivity index (χ1v) is 6.90. The lowest BCUT2D eigenvalue weighted by Crippen LogP contribution is -2.17. The second-order valence-electron chi connectivity index (χ2n) is 4.33. The first-order chi connectivity index (χ1) is 10.9. The van der Waals surface area contributed by atoms with E-state index in [4.69, 9.17) is 23.2 Å². The quantitative estimate of drug-likeness (QED) is 0.499. The topological polar surface area (TPSA) is 105 Å². The van der Waals surface area contributed by atoms with Crippen molar-refractivity contribution in [2.45, 2.75) is 0 Å². The molecule has 0 aliphatic heterocycles. The Balaban J connectivity index is 2.13. The number of carbonyl (C=O) groups excluding carboxylic acids is 1. The van der Waals surface area contributed by atoms with Crippen LogP contribution in [0.2, 0.25) is 10.0 Å². The van der Waals surface area contributed by atoms with E-state index in [0.717, 1.165) is 12.3 Å². The lowest BCUT2D eigenvalue weighted by molar-refractivity contribution is -0.384. The summed E-state index contributed by atoms with van der Waals surface area (Å²) in [5.74, 6) is -0.873. The van der Waals surface area contributed by atoms with Crippen molar-refractivity contribution in [2.75, 3.05) is 0 Å². The van der Waals surface area contributed by atoms with E-state index in [0.29, 0.717) is 5.02 Å². The van der Waals surface area contributed by atoms with Crippen molar-refractivity contribution in [3.05, 3.63) is 67.7 Å². The third-order valence-corrected chi connectivity index (χ3v) is 3.25. The molecule has 0 unspecified atom stereocenters. The van der Waals surface area contributed by atoms with Gasteiger partial charge in [-0.15, -0.1) is 0 Å². The fraction of sp³-hybridized carbons (Fsp3) is 0. The van der Waals surface area contributed by atoms with Gasteiger partial charge in [0.05, 0.1) is 16.2 Å². The minimum atomic E-state index is -0.641. The molecule has 0 fully saturated rings. The van der Waals surface area contributed by atoms with Crippen LogP contribution in [0.25, 0.3) is 0 Å². The summed E-state index contributed by atoms with van der Waals surface area (Å²) in [6.45, 7) is 0. The van der Waals surface area contributed by atoms with Crippen LogP contribution in [0.3, 0.4) is 0 Å². The lowest BCUT2D eigenvalue weighted by Gasteiger charge is -2.03. The fourth-order valence-electron chi connectivity index (χ4n) is 1.67. The number of nitro groups is 1. The number of phenols is 1. The number of carbonyl (C=O) groups is 1. The molecule has 2 rings (SSSR count). The SMILES string of the molecule is O=C(N/N=C\c1cc(Cl)cc(Cl)c1O)c1cccc([N+](=O)[O-])c1. The van der Waals surface area contributed by atoms with Gasteiger partial charge in [0.25, 0.3) is 11.6 Å². The van der Waals surface area contributed by atoms with Gasteiger partial charge in [-0.25, -0.2) is 5.43 Å². The molecule has 2 aromatic carbocycles. The molecule has 23 heavy (non-hydrogen) atoms. The van der Waals surface area contributed by atoms with Gasteiger partial charge in [-0.05, 0) is 18.2 Å². The van der Waals surface area contributed by atoms with E-state index in [9.17, 15) is 20.0 Å². The number of nitro benzene ring substituents is 1. The number of halogens is 2. The normalized spacial score (nSPS) is 10.7. The molecule has 0 spiro atoms. The minimum absolute atomic E-state index is 0.0453.